The van der Waals surface area contributed by atoms with Crippen molar-refractivity contribution in [1.29, 1.82) is 0 Å². The molecule has 0 saturated carbocycles. The van der Waals surface area contributed by atoms with Gasteiger partial charge in [0.05, 0.1) is 80.7 Å². The topological polar surface area (TPSA) is 354 Å². The molecule has 42 heteroatoms. The highest BCUT2D eigenvalue weighted by molar-refractivity contribution is 9.10. The second-order valence-corrected chi connectivity index (χ2v) is 47.6. The van der Waals surface area contributed by atoms with Crippen LogP contribution in [0.15, 0.2) is 155 Å². The molecule has 12 N–H and O–H groups in total. The Labute approximate surface area is 772 Å². The molecule has 3 aliphatic heterocycles. The molecule has 0 aliphatic carbocycles. The minimum Gasteiger partial charge on any atom is -0.478 e. The molecule has 0 spiro atoms. The molecule has 3 aliphatic rings. The normalized spacial score (nSPS) is 17.5. The first kappa shape index (κ1) is 105. The fraction of sp³-hybridized carbons (Fsp3) is 0.374. The third kappa shape index (κ3) is 28.0. The third-order valence-electron chi connectivity index (χ3n) is 23.0. The lowest BCUT2D eigenvalue weighted by atomic mass is 9.79. The van der Waals surface area contributed by atoms with Gasteiger partial charge in [0, 0.05) is 166 Å². The number of amides is 6. The number of nitrogens with two attached hydrogens (primary N) is 3. The number of alkyl halides is 9. The van der Waals surface area contributed by atoms with Crippen LogP contribution in [0.1, 0.15) is 120 Å². The zero-order valence-electron chi connectivity index (χ0n) is 75.8. The summed E-state index contributed by atoms with van der Waals surface area (Å²) in [6.45, 7) is 29.5. The molecule has 6 aromatic carbocycles. The highest BCUT2D eigenvalue weighted by atomic mass is 79.9. The Morgan fingerprint density at radius 3 is 1.09 bits per heavy atom. The fourth-order valence-corrected chi connectivity index (χ4v) is 16.6. The van der Waals surface area contributed by atoms with Gasteiger partial charge in [-0.25, -0.2) is 23.1 Å². The number of aromatic nitrogens is 3. The largest absolute Gasteiger partial charge is 0.491 e. The maximum absolute atomic E-state index is 15.1. The van der Waals surface area contributed by atoms with Crippen LogP contribution >= 0.6 is 15.9 Å². The first-order chi connectivity index (χ1) is 61.9. The number of likely N-dealkylation sites (N-methyl/N-ethyl adjacent to an activating group) is 3. The minimum absolute atomic E-state index is 0.0121. The van der Waals surface area contributed by atoms with Crippen molar-refractivity contribution in [2.24, 2.45) is 17.2 Å². The van der Waals surface area contributed by atoms with Crippen molar-refractivity contribution in [3.63, 3.8) is 0 Å². The number of anilines is 6. The molecule has 0 unspecified atom stereocenters. The Morgan fingerprint density at radius 2 is 0.774 bits per heavy atom. The fourth-order valence-electron chi connectivity index (χ4n) is 14.8. The molecular weight excluding hydrogens is 1850 g/mol. The lowest BCUT2D eigenvalue weighted by Crippen LogP contribution is -2.55. The summed E-state index contributed by atoms with van der Waals surface area (Å²) in [5.41, 5.74) is 12.0. The van der Waals surface area contributed by atoms with Crippen LogP contribution in [-0.4, -0.2) is 208 Å². The van der Waals surface area contributed by atoms with Crippen molar-refractivity contribution in [2.75, 3.05) is 104 Å². The van der Waals surface area contributed by atoms with E-state index in [0.29, 0.717) is 71.1 Å². The summed E-state index contributed by atoms with van der Waals surface area (Å²) in [4.78, 5) is 108. The molecular formula is C91H107BBrF12N15O11Si2. The number of benzene rings is 6. The number of halogens is 13. The summed E-state index contributed by atoms with van der Waals surface area (Å²) in [5.74, 6) is -8.03. The zero-order chi connectivity index (χ0) is 98.8. The first-order valence-electron chi connectivity index (χ1n) is 42.2. The van der Waals surface area contributed by atoms with E-state index in [1.807, 2.05) is 49.9 Å². The number of carbonyl (C=O) groups is 6. The summed E-state index contributed by atoms with van der Waals surface area (Å²) >= 11 is 3.41. The van der Waals surface area contributed by atoms with Gasteiger partial charge in [-0.1, -0.05) is 85.5 Å². The van der Waals surface area contributed by atoms with Crippen molar-refractivity contribution in [3.05, 3.63) is 228 Å². The summed E-state index contributed by atoms with van der Waals surface area (Å²) in [6.07, 6.45) is -12.0. The van der Waals surface area contributed by atoms with Crippen LogP contribution < -0.4 is 68.3 Å². The van der Waals surface area contributed by atoms with Gasteiger partial charge in [0.2, 0.25) is 35.0 Å². The summed E-state index contributed by atoms with van der Waals surface area (Å²) < 4.78 is 180. The smallest absolute Gasteiger partial charge is 0.478 e. The number of primary amides is 3. The number of hydrogen-bond donors (Lipinski definition) is 9. The number of piperazine rings is 3. The molecule has 6 amide bonds. The Balaban J connectivity index is 0.000000210. The number of nitrogens with one attached hydrogen (secondary N) is 4. The van der Waals surface area contributed by atoms with Crippen molar-refractivity contribution in [1.82, 2.24) is 29.7 Å². The molecule has 0 radical (unpaired) electrons. The number of H-pyrrole nitrogens is 1. The van der Waals surface area contributed by atoms with Crippen LogP contribution in [0.4, 0.5) is 86.8 Å². The predicted octanol–water partition coefficient (Wildman–Crippen LogP) is 15.5. The molecule has 9 aromatic rings. The van der Waals surface area contributed by atoms with Crippen LogP contribution in [-0.2, 0) is 18.5 Å². The van der Waals surface area contributed by atoms with Gasteiger partial charge in [0.25, 0.3) is 17.7 Å². The average Bonchev–Trinajstić information content (AvgIpc) is 0.787. The van der Waals surface area contributed by atoms with Crippen molar-refractivity contribution >= 4 is 114 Å². The van der Waals surface area contributed by atoms with E-state index in [0.717, 1.165) is 79.7 Å². The van der Waals surface area contributed by atoms with E-state index in [9.17, 15) is 81.9 Å². The van der Waals surface area contributed by atoms with Crippen LogP contribution in [0, 0.1) is 17.5 Å². The van der Waals surface area contributed by atoms with Crippen LogP contribution in [0.5, 0.6) is 11.8 Å². The standard InChI is InChI=1S/C32H39F4N5O3Si.C27H27F4N5O3.C25H34BrF3N4O2Si.C7H7BFNO3/c1-19-17-41(18-20(2)40(19)3)28-10-8-21(23-9-7-22(30(37)42)13-26(23)33)14-27(28)39-31(43)24-16-38-29(15-25(24)32(34,35)36)44-11-12-45(4,5)6;1-14-12-36(13-15(2)35(14)3)23-7-5-16(18-6-4-17(25(32)38)8-21(18)28)9-22(23)34-26(39)19-11-33-24(37)10-20(19)27(29,30)31;1-16-14-33(15-17(2)32(16)3)22-8-7-18(26)11-21(22)31-24(34)19-13-30-23(12-20(19)25(27,28)29)35-9-10-36(4,5)6;9-6-3-4(7(10)11)1-2-5(6)8(12)13/h7-10,13-16,19-20H,11-12,17-18H2,1-6H3,(H2,37,42)(H,39,43);4-11,14-15H,12-13H2,1-3H3,(H2,32,38)(H,33,37)(H,34,39);7-8,11-13,16-17H,9-10,14-15H2,1-6H3,(H,31,34);1-3,12-13H,(H2,10,11)/t19-,20+;14-,15+;16-,17+;. The van der Waals surface area contributed by atoms with E-state index in [1.54, 1.807) is 30.3 Å². The first-order valence-corrected chi connectivity index (χ1v) is 50.4. The van der Waals surface area contributed by atoms with Gasteiger partial charge in [-0.05, 0) is 165 Å². The summed E-state index contributed by atoms with van der Waals surface area (Å²) in [7, 11) is 1.27. The molecule has 3 saturated heterocycles. The third-order valence-corrected chi connectivity index (χ3v) is 26.9. The van der Waals surface area contributed by atoms with Crippen LogP contribution in [0.3, 0.4) is 0 Å². The summed E-state index contributed by atoms with van der Waals surface area (Å²) in [6, 6.07) is 30.2. The second kappa shape index (κ2) is 43.6. The Kier molecular flexibility index (Phi) is 34.4. The lowest BCUT2D eigenvalue weighted by molar-refractivity contribution is -0.138. The number of pyridine rings is 3. The number of carbonyl (C=O) groups excluding carboxylic acids is 6. The highest BCUT2D eigenvalue weighted by Crippen LogP contribution is 2.42. The van der Waals surface area contributed by atoms with E-state index in [-0.39, 0.29) is 106 Å². The quantitative estimate of drug-likeness (QED) is 0.0212. The van der Waals surface area contributed by atoms with Crippen molar-refractivity contribution in [3.8, 4) is 34.0 Å². The summed E-state index contributed by atoms with van der Waals surface area (Å²) in [5, 5.41) is 25.2. The van der Waals surface area contributed by atoms with E-state index >= 15 is 4.39 Å². The van der Waals surface area contributed by atoms with E-state index in [2.05, 4.69) is 140 Å². The lowest BCUT2D eigenvalue weighted by Gasteiger charge is -2.44. The SMILES string of the molecule is C[C@@H]1CN(c2ccc(-c3ccc(C(N)=O)cc3F)cc2NC(=O)c2c[nH]c(=O)cc2C(F)(F)F)C[C@H](C)N1C.C[C@@H]1CN(c2ccc(-c3ccc(C(N)=O)cc3F)cc2NC(=O)c2cnc(OCC[Si](C)(C)C)cc2C(F)(F)F)C[C@H](C)N1C.C[C@@H]1CN(c2ccc(Br)cc2NC(=O)c2cnc(OCC[Si](C)(C)C)cc2C(F)(F)F)C[C@H](C)N1C.NC(=O)c1ccc(B(O)O)c(F)c1. The van der Waals surface area contributed by atoms with E-state index in [1.165, 1.54) is 42.5 Å². The zero-order valence-corrected chi connectivity index (χ0v) is 79.3. The van der Waals surface area contributed by atoms with Gasteiger partial charge in [-0.15, -0.1) is 0 Å². The molecule has 6 heterocycles. The Bertz CT molecular complexity index is 5780. The van der Waals surface area contributed by atoms with E-state index < -0.39 is 134 Å². The van der Waals surface area contributed by atoms with Gasteiger partial charge in [-0.3, -0.25) is 48.3 Å². The molecule has 133 heavy (non-hydrogen) atoms. The number of aromatic amines is 1. The monoisotopic (exact) mass is 1960 g/mol. The molecule has 3 fully saturated rings. The minimum atomic E-state index is -4.95. The van der Waals surface area contributed by atoms with Crippen molar-refractivity contribution < 1.29 is 101 Å². The molecule has 714 valence electrons. The molecule has 6 atom stereocenters. The number of ether oxygens (including phenoxy) is 2. The van der Waals surface area contributed by atoms with E-state index in [4.69, 9.17) is 36.7 Å². The van der Waals surface area contributed by atoms with Gasteiger partial charge in [0.1, 0.15) is 17.5 Å². The molecule has 12 rings (SSSR count). The van der Waals surface area contributed by atoms with Crippen LogP contribution in [0.2, 0.25) is 51.4 Å². The highest BCUT2D eigenvalue weighted by Gasteiger charge is 2.41. The van der Waals surface area contributed by atoms with Crippen molar-refractivity contribution in [2.45, 2.75) is 148 Å². The number of hydrogen-bond acceptors (Lipinski definition) is 19. The molecule has 26 nitrogen and oxygen atoms in total. The maximum Gasteiger partial charge on any atom is 0.491 e. The van der Waals surface area contributed by atoms with Gasteiger partial charge in [0.15, 0.2) is 0 Å². The Morgan fingerprint density at radius 1 is 0.459 bits per heavy atom. The average molecular weight is 1960 g/mol. The second-order valence-electron chi connectivity index (χ2n) is 35.5. The van der Waals surface area contributed by atoms with Crippen LogP contribution in [0.25, 0.3) is 22.3 Å². The predicted molar refractivity (Wildman–Crippen MR) is 498 cm³/mol. The number of rotatable bonds is 23. The number of nitrogens with zero attached hydrogens (tertiary/aromatic N) is 8. The van der Waals surface area contributed by atoms with Gasteiger partial charge < -0.3 is 72.4 Å². The van der Waals surface area contributed by atoms with Gasteiger partial charge in [-0.2, -0.15) is 39.5 Å². The Hall–Kier alpha value is -11.7. The molecule has 0 bridgehead atoms. The van der Waals surface area contributed by atoms with Gasteiger partial charge >= 0.3 is 25.6 Å². The molecule has 3 aromatic heterocycles. The maximum atomic E-state index is 15.1.